The van der Waals surface area contributed by atoms with Gasteiger partial charge in [0.1, 0.15) is 0 Å². The van der Waals surface area contributed by atoms with Crippen LogP contribution in [0.5, 0.6) is 0 Å². The predicted molar refractivity (Wildman–Crippen MR) is 91.3 cm³/mol. The van der Waals surface area contributed by atoms with Crippen LogP contribution in [-0.4, -0.2) is 22.8 Å². The molecule has 1 heterocycles. The molecule has 120 valence electrons. The number of amides is 2. The molecule has 23 heavy (non-hydrogen) atoms. The van der Waals surface area contributed by atoms with Gasteiger partial charge in [0.05, 0.1) is 26.9 Å². The molecule has 0 unspecified atom stereocenters. The van der Waals surface area contributed by atoms with Gasteiger partial charge < -0.3 is 10.6 Å². The molecule has 1 aromatic carbocycles. The summed E-state index contributed by atoms with van der Waals surface area (Å²) in [5.41, 5.74) is 0.854. The fraction of sp³-hybridized carbons (Fsp3) is 0.188. The number of halogens is 2. The van der Waals surface area contributed by atoms with E-state index in [2.05, 4.69) is 15.6 Å². The summed E-state index contributed by atoms with van der Waals surface area (Å²) in [7, 11) is 0. The Labute approximate surface area is 144 Å². The summed E-state index contributed by atoms with van der Waals surface area (Å²) in [6, 6.07) is 6.37. The van der Waals surface area contributed by atoms with Gasteiger partial charge in [0.25, 0.3) is 11.8 Å². The average molecular weight is 352 g/mol. The minimum atomic E-state index is -0.452. The van der Waals surface area contributed by atoms with Gasteiger partial charge in [-0.2, -0.15) is 0 Å². The van der Waals surface area contributed by atoms with Gasteiger partial charge in [-0.05, 0) is 32.0 Å². The van der Waals surface area contributed by atoms with Gasteiger partial charge in [-0.3, -0.25) is 14.6 Å². The Hall–Kier alpha value is -2.11. The summed E-state index contributed by atoms with van der Waals surface area (Å²) in [5, 5.41) is 6.02. The van der Waals surface area contributed by atoms with Gasteiger partial charge in [0.2, 0.25) is 0 Å². The number of anilines is 1. The Morgan fingerprint density at radius 3 is 2.17 bits per heavy atom. The van der Waals surface area contributed by atoms with Crippen LogP contribution < -0.4 is 10.6 Å². The van der Waals surface area contributed by atoms with Crippen LogP contribution in [0.15, 0.2) is 36.7 Å². The summed E-state index contributed by atoms with van der Waals surface area (Å²) in [5.74, 6) is -0.746. The minimum absolute atomic E-state index is 0.0121. The number of benzene rings is 1. The van der Waals surface area contributed by atoms with E-state index in [0.717, 1.165) is 0 Å². The van der Waals surface area contributed by atoms with Crippen LogP contribution in [0, 0.1) is 0 Å². The van der Waals surface area contributed by atoms with Crippen LogP contribution in [0.3, 0.4) is 0 Å². The monoisotopic (exact) mass is 351 g/mol. The molecule has 2 N–H and O–H groups in total. The van der Waals surface area contributed by atoms with Crippen molar-refractivity contribution >= 4 is 40.7 Å². The zero-order chi connectivity index (χ0) is 17.0. The maximum Gasteiger partial charge on any atom is 0.257 e. The molecule has 0 radical (unpaired) electrons. The normalized spacial score (nSPS) is 10.5. The van der Waals surface area contributed by atoms with Crippen molar-refractivity contribution < 1.29 is 9.59 Å². The van der Waals surface area contributed by atoms with Gasteiger partial charge in [-0.25, -0.2) is 0 Å². The lowest BCUT2D eigenvalue weighted by molar-refractivity contribution is 0.0942. The van der Waals surface area contributed by atoms with Gasteiger partial charge >= 0.3 is 0 Å². The summed E-state index contributed by atoms with van der Waals surface area (Å²) in [4.78, 5) is 28.2. The lowest BCUT2D eigenvalue weighted by atomic mass is 10.1. The molecule has 2 rings (SSSR count). The SMILES string of the molecule is CC(C)NC(=O)c1cncc(C(=O)Nc2c(Cl)cccc2Cl)c1. The number of pyridine rings is 1. The molecule has 0 saturated carbocycles. The third-order valence-corrected chi connectivity index (χ3v) is 3.51. The number of para-hydroxylation sites is 1. The van der Waals surface area contributed by atoms with Crippen molar-refractivity contribution in [1.82, 2.24) is 10.3 Å². The molecule has 0 aliphatic rings. The minimum Gasteiger partial charge on any atom is -0.350 e. The number of carbonyl (C=O) groups is 2. The Balaban J connectivity index is 2.22. The van der Waals surface area contributed by atoms with Crippen molar-refractivity contribution in [2.75, 3.05) is 5.32 Å². The average Bonchev–Trinajstić information content (AvgIpc) is 2.50. The Morgan fingerprint density at radius 1 is 1.04 bits per heavy atom. The van der Waals surface area contributed by atoms with Crippen LogP contribution in [0.2, 0.25) is 10.0 Å². The highest BCUT2D eigenvalue weighted by atomic mass is 35.5. The van der Waals surface area contributed by atoms with E-state index >= 15 is 0 Å². The Bertz CT molecular complexity index is 728. The molecule has 0 saturated heterocycles. The van der Waals surface area contributed by atoms with E-state index in [0.29, 0.717) is 21.3 Å². The number of hydrogen-bond donors (Lipinski definition) is 2. The van der Waals surface area contributed by atoms with Crippen molar-refractivity contribution in [3.8, 4) is 0 Å². The molecule has 0 bridgehead atoms. The van der Waals surface area contributed by atoms with Crippen molar-refractivity contribution in [2.24, 2.45) is 0 Å². The summed E-state index contributed by atoms with van der Waals surface area (Å²) < 4.78 is 0. The number of nitrogens with one attached hydrogen (secondary N) is 2. The van der Waals surface area contributed by atoms with E-state index < -0.39 is 5.91 Å². The fourth-order valence-corrected chi connectivity index (χ4v) is 2.33. The summed E-state index contributed by atoms with van der Waals surface area (Å²) in [6.45, 7) is 3.70. The summed E-state index contributed by atoms with van der Waals surface area (Å²) >= 11 is 12.0. The van der Waals surface area contributed by atoms with E-state index in [4.69, 9.17) is 23.2 Å². The van der Waals surface area contributed by atoms with E-state index in [9.17, 15) is 9.59 Å². The second-order valence-electron chi connectivity index (χ2n) is 5.14. The van der Waals surface area contributed by atoms with Crippen molar-refractivity contribution in [3.63, 3.8) is 0 Å². The van der Waals surface area contributed by atoms with Crippen molar-refractivity contribution in [2.45, 2.75) is 19.9 Å². The fourth-order valence-electron chi connectivity index (χ4n) is 1.84. The molecule has 0 aliphatic heterocycles. The molecule has 7 heteroatoms. The second-order valence-corrected chi connectivity index (χ2v) is 5.96. The Kier molecular flexibility index (Phi) is 5.58. The van der Waals surface area contributed by atoms with Gasteiger partial charge in [0, 0.05) is 18.4 Å². The van der Waals surface area contributed by atoms with Crippen LogP contribution in [0.1, 0.15) is 34.6 Å². The van der Waals surface area contributed by atoms with Crippen LogP contribution >= 0.6 is 23.2 Å². The maximum absolute atomic E-state index is 12.3. The number of aromatic nitrogens is 1. The van der Waals surface area contributed by atoms with E-state index in [1.807, 2.05) is 13.8 Å². The first-order chi connectivity index (χ1) is 10.9. The standard InChI is InChI=1S/C16H15Cl2N3O2/c1-9(2)20-15(22)10-6-11(8-19-7-10)16(23)21-14-12(17)4-3-5-13(14)18/h3-9H,1-2H3,(H,20,22)(H,21,23). The van der Waals surface area contributed by atoms with Crippen molar-refractivity contribution in [3.05, 3.63) is 57.8 Å². The molecule has 2 amide bonds. The molecular formula is C16H15Cl2N3O2. The third kappa shape index (κ3) is 4.43. The molecule has 0 spiro atoms. The largest absolute Gasteiger partial charge is 0.350 e. The molecule has 5 nitrogen and oxygen atoms in total. The summed E-state index contributed by atoms with van der Waals surface area (Å²) in [6.07, 6.45) is 2.77. The van der Waals surface area contributed by atoms with Crippen molar-refractivity contribution in [1.29, 1.82) is 0 Å². The Morgan fingerprint density at radius 2 is 1.61 bits per heavy atom. The maximum atomic E-state index is 12.3. The highest BCUT2D eigenvalue weighted by molar-refractivity contribution is 6.40. The first-order valence-corrected chi connectivity index (χ1v) is 7.65. The molecule has 2 aromatic rings. The van der Waals surface area contributed by atoms with E-state index in [1.165, 1.54) is 18.5 Å². The lowest BCUT2D eigenvalue weighted by Gasteiger charge is -2.11. The first kappa shape index (κ1) is 17.2. The molecule has 0 fully saturated rings. The zero-order valence-electron chi connectivity index (χ0n) is 12.6. The molecule has 0 aliphatic carbocycles. The smallest absolute Gasteiger partial charge is 0.257 e. The molecule has 1 aromatic heterocycles. The zero-order valence-corrected chi connectivity index (χ0v) is 14.1. The van der Waals surface area contributed by atoms with Gasteiger partial charge in [0.15, 0.2) is 0 Å². The predicted octanol–water partition coefficient (Wildman–Crippen LogP) is 3.78. The van der Waals surface area contributed by atoms with Gasteiger partial charge in [-0.1, -0.05) is 29.3 Å². The highest BCUT2D eigenvalue weighted by Crippen LogP contribution is 2.30. The topological polar surface area (TPSA) is 71.1 Å². The van der Waals surface area contributed by atoms with E-state index in [-0.39, 0.29) is 17.5 Å². The van der Waals surface area contributed by atoms with E-state index in [1.54, 1.807) is 18.2 Å². The third-order valence-electron chi connectivity index (χ3n) is 2.88. The van der Waals surface area contributed by atoms with Crippen LogP contribution in [0.4, 0.5) is 5.69 Å². The second kappa shape index (κ2) is 7.44. The molecule has 0 atom stereocenters. The van der Waals surface area contributed by atoms with Gasteiger partial charge in [-0.15, -0.1) is 0 Å². The lowest BCUT2D eigenvalue weighted by Crippen LogP contribution is -2.30. The van der Waals surface area contributed by atoms with Crippen LogP contribution in [-0.2, 0) is 0 Å². The van der Waals surface area contributed by atoms with Crippen LogP contribution in [0.25, 0.3) is 0 Å². The number of hydrogen-bond acceptors (Lipinski definition) is 3. The molecular weight excluding hydrogens is 337 g/mol. The number of nitrogens with zero attached hydrogens (tertiary/aromatic N) is 1. The highest BCUT2D eigenvalue weighted by Gasteiger charge is 2.14. The number of carbonyl (C=O) groups excluding carboxylic acids is 2. The quantitative estimate of drug-likeness (QED) is 0.880. The first-order valence-electron chi connectivity index (χ1n) is 6.89. The number of rotatable bonds is 4.